The zero-order valence-corrected chi connectivity index (χ0v) is 46.9. The largest absolute Gasteiger partial charge is 0.464 e. The molecule has 6 bridgehead atoms. The van der Waals surface area contributed by atoms with Gasteiger partial charge in [0.05, 0.1) is 60.3 Å². The van der Waals surface area contributed by atoms with Crippen molar-refractivity contribution in [2.24, 2.45) is 11.3 Å². The Kier molecular flexibility index (Phi) is 15.2. The first-order chi connectivity index (χ1) is 37.2. The van der Waals surface area contributed by atoms with Gasteiger partial charge in [0, 0.05) is 104 Å². The molecule has 4 aromatic rings. The van der Waals surface area contributed by atoms with E-state index >= 15 is 4.79 Å². The molecule has 2 amide bonds. The molecule has 12 rings (SSSR count). The van der Waals surface area contributed by atoms with Crippen LogP contribution < -0.4 is 10.7 Å². The van der Waals surface area contributed by atoms with Gasteiger partial charge in [-0.1, -0.05) is 26.8 Å². The summed E-state index contributed by atoms with van der Waals surface area (Å²) in [6.07, 6.45) is 11.3. The van der Waals surface area contributed by atoms with E-state index in [9.17, 15) is 9.59 Å². The highest BCUT2D eigenvalue weighted by molar-refractivity contribution is 7.10. The smallest absolute Gasteiger partial charge is 0.324 e. The van der Waals surface area contributed by atoms with Crippen LogP contribution in [0.1, 0.15) is 139 Å². The highest BCUT2D eigenvalue weighted by Gasteiger charge is 2.54. The SMILES string of the molecule is CO[C@@H](C)c1ncc(C2CCN(C3CC3)CC2)cc1-c1c2c3cc(ccc3n1CCOC1CCOCC1)-c1csc(n1)[C@@H](N1CC3(CCCO3)C1)[C@H](NC(=O)[C@@H]1O[C@@H](C)[C@H]1C)C(=O)N1CCC[C@H](N1)C(=O)OCC(C)(C)C2. The van der Waals surface area contributed by atoms with E-state index in [2.05, 4.69) is 81.7 Å². The third-order valence-corrected chi connectivity index (χ3v) is 19.3. The number of piperidine rings is 1. The molecular formula is C59H80N8O9S. The van der Waals surface area contributed by atoms with Crippen molar-refractivity contribution in [3.05, 3.63) is 57.7 Å². The number of nitrogens with zero attached hydrogens (tertiary/aromatic N) is 6. The highest BCUT2D eigenvalue weighted by atomic mass is 32.1. The zero-order chi connectivity index (χ0) is 53.2. The number of methoxy groups -OCH3 is 1. The number of rotatable bonds is 12. The molecule has 1 spiro atoms. The molecular weight excluding hydrogens is 997 g/mol. The number of likely N-dealkylation sites (tertiary alicyclic amines) is 2. The fourth-order valence-corrected chi connectivity index (χ4v) is 14.4. The number of pyridine rings is 1. The number of ether oxygens (including phenoxy) is 6. The normalized spacial score (nSPS) is 29.0. The first-order valence-electron chi connectivity index (χ1n) is 28.9. The number of nitrogens with one attached hydrogen (secondary N) is 2. The lowest BCUT2D eigenvalue weighted by Crippen LogP contribution is -2.69. The van der Waals surface area contributed by atoms with E-state index in [1.165, 1.54) is 34.8 Å². The highest BCUT2D eigenvalue weighted by Crippen LogP contribution is 2.46. The van der Waals surface area contributed by atoms with Crippen LogP contribution in [0.15, 0.2) is 35.8 Å². The third kappa shape index (κ3) is 10.8. The van der Waals surface area contributed by atoms with Crippen LogP contribution in [-0.4, -0.2) is 162 Å². The number of thiazole rings is 1. The average Bonchev–Trinajstić information content (AvgIpc) is 3.97. The summed E-state index contributed by atoms with van der Waals surface area (Å²) in [7, 11) is 1.75. The van der Waals surface area contributed by atoms with Gasteiger partial charge in [-0.15, -0.1) is 11.3 Å². The Labute approximate surface area is 457 Å². The standard InChI is InChI=1S/C59H80N8O9S/c1-35-36(2)76-53(35)54(68)62-50-52(65-32-59(33-65)18-8-23-75-59)55-61-47(31-77-55)39-10-13-48-43(27-39)45(29-58(4,5)34-74-57(70)46-9-7-19-67(63-46)56(50)69)51(66(48)22-26-73-42-16-24-72-25-17-42)44-28-40(30-60-49(44)37(3)71-6)38-14-20-64(21-15-38)41-11-12-41/h10,13,27-28,30-31,35-38,41-42,46,50,52-53,63H,7-9,11-12,14-26,29,32-34H2,1-6H3,(H,62,68)/t35-,36+,37+,46+,50+,52+,53-/m1/s1. The summed E-state index contributed by atoms with van der Waals surface area (Å²) >= 11 is 1.50. The van der Waals surface area contributed by atoms with Crippen molar-refractivity contribution in [3.8, 4) is 22.5 Å². The van der Waals surface area contributed by atoms with Gasteiger partial charge in [0.2, 0.25) is 5.91 Å². The van der Waals surface area contributed by atoms with Crippen molar-refractivity contribution >= 4 is 40.0 Å². The van der Waals surface area contributed by atoms with E-state index in [1.54, 1.807) is 7.11 Å². The summed E-state index contributed by atoms with van der Waals surface area (Å²) in [4.78, 5) is 59.7. The number of hydrogen-bond acceptors (Lipinski definition) is 15. The van der Waals surface area contributed by atoms with Crippen LogP contribution in [0.4, 0.5) is 0 Å². The fraction of sp³-hybridized carbons (Fsp3) is 0.678. The van der Waals surface area contributed by atoms with Crippen LogP contribution in [0.2, 0.25) is 0 Å². The number of carbonyl (C=O) groups is 3. The lowest BCUT2D eigenvalue weighted by molar-refractivity contribution is -0.185. The molecule has 18 heteroatoms. The van der Waals surface area contributed by atoms with Crippen molar-refractivity contribution in [3.63, 3.8) is 0 Å². The molecule has 17 nitrogen and oxygen atoms in total. The lowest BCUT2D eigenvalue weighted by Gasteiger charge is -2.52. The topological polar surface area (TPSA) is 171 Å². The summed E-state index contributed by atoms with van der Waals surface area (Å²) in [5.41, 5.74) is 10.6. The summed E-state index contributed by atoms with van der Waals surface area (Å²) in [6, 6.07) is 7.37. The van der Waals surface area contributed by atoms with Gasteiger partial charge < -0.3 is 43.2 Å². The molecule has 77 heavy (non-hydrogen) atoms. The number of carbonyl (C=O) groups excluding carboxylic acids is 3. The molecule has 416 valence electrons. The molecule has 3 aromatic heterocycles. The number of aromatic nitrogens is 3. The number of amides is 2. The van der Waals surface area contributed by atoms with Gasteiger partial charge in [-0.3, -0.25) is 29.3 Å². The van der Waals surface area contributed by atoms with Gasteiger partial charge in [-0.25, -0.2) is 10.4 Å². The lowest BCUT2D eigenvalue weighted by atomic mass is 9.83. The number of benzene rings is 1. The van der Waals surface area contributed by atoms with Crippen LogP contribution in [0.3, 0.4) is 0 Å². The maximum absolute atomic E-state index is 15.3. The van der Waals surface area contributed by atoms with E-state index in [4.69, 9.17) is 38.4 Å². The van der Waals surface area contributed by atoms with Crippen LogP contribution in [0.25, 0.3) is 33.4 Å². The molecule has 1 aliphatic carbocycles. The maximum Gasteiger partial charge on any atom is 0.324 e. The number of hydrazine groups is 1. The Balaban J connectivity index is 1.00. The van der Waals surface area contributed by atoms with Crippen LogP contribution in [0, 0.1) is 11.3 Å². The van der Waals surface area contributed by atoms with Crippen molar-refractivity contribution < 1.29 is 42.8 Å². The minimum absolute atomic E-state index is 0.0234. The maximum atomic E-state index is 15.3. The Bertz CT molecular complexity index is 2800. The van der Waals surface area contributed by atoms with Crippen molar-refractivity contribution in [2.45, 2.75) is 172 Å². The summed E-state index contributed by atoms with van der Waals surface area (Å²) in [5, 5.41) is 8.62. The average molecular weight is 1080 g/mol. The monoisotopic (exact) mass is 1080 g/mol. The van der Waals surface area contributed by atoms with E-state index in [0.717, 1.165) is 102 Å². The molecule has 0 radical (unpaired) electrons. The van der Waals surface area contributed by atoms with Gasteiger partial charge >= 0.3 is 5.97 Å². The Morgan fingerprint density at radius 2 is 1.79 bits per heavy atom. The van der Waals surface area contributed by atoms with Crippen molar-refractivity contribution in [1.82, 2.24) is 40.1 Å². The molecule has 10 heterocycles. The van der Waals surface area contributed by atoms with E-state index in [1.807, 2.05) is 13.8 Å². The van der Waals surface area contributed by atoms with Crippen molar-refractivity contribution in [2.75, 3.05) is 72.9 Å². The van der Waals surface area contributed by atoms with Crippen LogP contribution >= 0.6 is 11.3 Å². The van der Waals surface area contributed by atoms with Gasteiger partial charge in [0.15, 0.2) is 0 Å². The number of cyclic esters (lactones) is 1. The molecule has 8 aliphatic rings. The molecule has 7 aliphatic heterocycles. The quantitative estimate of drug-likeness (QED) is 0.134. The van der Waals surface area contributed by atoms with Crippen LogP contribution in [-0.2, 0) is 55.8 Å². The Morgan fingerprint density at radius 1 is 0.987 bits per heavy atom. The van der Waals surface area contributed by atoms with E-state index < -0.39 is 35.6 Å². The second kappa shape index (κ2) is 21.9. The van der Waals surface area contributed by atoms with Crippen molar-refractivity contribution in [1.29, 1.82) is 0 Å². The van der Waals surface area contributed by atoms with Gasteiger partial charge in [0.25, 0.3) is 5.91 Å². The minimum atomic E-state index is -1.06. The minimum Gasteiger partial charge on any atom is -0.464 e. The van der Waals surface area contributed by atoms with Gasteiger partial charge in [-0.2, -0.15) is 0 Å². The van der Waals surface area contributed by atoms with Crippen LogP contribution in [0.5, 0.6) is 0 Å². The van der Waals surface area contributed by atoms with E-state index in [0.29, 0.717) is 82.8 Å². The predicted octanol–water partition coefficient (Wildman–Crippen LogP) is 7.51. The van der Waals surface area contributed by atoms with Gasteiger partial charge in [-0.05, 0) is 133 Å². The fourth-order valence-electron chi connectivity index (χ4n) is 13.4. The molecule has 0 unspecified atom stereocenters. The number of hydrogen-bond donors (Lipinski definition) is 2. The number of esters is 1. The molecule has 2 N–H and O–H groups in total. The zero-order valence-electron chi connectivity index (χ0n) is 46.1. The second-order valence-electron chi connectivity index (χ2n) is 24.4. The third-order valence-electron chi connectivity index (χ3n) is 18.3. The van der Waals surface area contributed by atoms with E-state index in [-0.39, 0.29) is 48.3 Å². The molecule has 7 atom stereocenters. The molecule has 7 fully saturated rings. The second-order valence-corrected chi connectivity index (χ2v) is 25.3. The summed E-state index contributed by atoms with van der Waals surface area (Å²) in [5.74, 6) is -0.720. The molecule has 6 saturated heterocycles. The number of fused-ring (bicyclic) bond motifs is 6. The molecule has 1 aromatic carbocycles. The first kappa shape index (κ1) is 53.3. The summed E-state index contributed by atoms with van der Waals surface area (Å²) in [6.45, 7) is 17.5. The Morgan fingerprint density at radius 3 is 2.52 bits per heavy atom. The predicted molar refractivity (Wildman–Crippen MR) is 292 cm³/mol. The van der Waals surface area contributed by atoms with Gasteiger partial charge in [0.1, 0.15) is 23.2 Å². The summed E-state index contributed by atoms with van der Waals surface area (Å²) < 4.78 is 39.7. The first-order valence-corrected chi connectivity index (χ1v) is 29.8. The molecule has 1 saturated carbocycles. The Hall–Kier alpha value is -4.37.